The Kier molecular flexibility index (Phi) is 4.39. The molecule has 0 fully saturated rings. The minimum atomic E-state index is -4.60. The third-order valence-electron chi connectivity index (χ3n) is 2.98. The Hall–Kier alpha value is -1.79. The van der Waals surface area contributed by atoms with E-state index in [1.54, 1.807) is 6.92 Å². The summed E-state index contributed by atoms with van der Waals surface area (Å²) < 4.78 is 37.9. The van der Waals surface area contributed by atoms with E-state index >= 15 is 0 Å². The monoisotopic (exact) mass is 276 g/mol. The summed E-state index contributed by atoms with van der Waals surface area (Å²) in [7, 11) is 1.53. The summed E-state index contributed by atoms with van der Waals surface area (Å²) in [5.41, 5.74) is -1.33. The van der Waals surface area contributed by atoms with Gasteiger partial charge in [-0.05, 0) is 25.5 Å². The number of pyridine rings is 1. The van der Waals surface area contributed by atoms with Crippen LogP contribution in [-0.4, -0.2) is 29.1 Å². The fourth-order valence-electron chi connectivity index (χ4n) is 1.52. The van der Waals surface area contributed by atoms with Crippen LogP contribution in [0, 0.1) is 0 Å². The summed E-state index contributed by atoms with van der Waals surface area (Å²) in [6.45, 7) is 3.64. The van der Waals surface area contributed by atoms with Crippen molar-refractivity contribution in [1.82, 2.24) is 4.98 Å². The van der Waals surface area contributed by atoms with Crippen LogP contribution in [0.5, 0.6) is 0 Å². The molecule has 0 aromatic carbocycles. The molecule has 0 aliphatic heterocycles. The maximum atomic E-state index is 12.6. The smallest absolute Gasteiger partial charge is 0.433 e. The molecule has 0 bridgehead atoms. The zero-order valence-electron chi connectivity index (χ0n) is 10.8. The second-order valence-corrected chi connectivity index (χ2v) is 4.24. The minimum absolute atomic E-state index is 0.117. The van der Waals surface area contributed by atoms with E-state index in [1.807, 2.05) is 6.92 Å². The highest BCUT2D eigenvalue weighted by molar-refractivity contribution is 5.93. The number of halogens is 3. The standard InChI is InChI=1S/C12H15F3N2O2/c1-4-7(2)17(3)10-8(11(18)19)5-6-9(16-10)12(13,14)15/h5-7H,4H2,1-3H3,(H,18,19). The van der Waals surface area contributed by atoms with Gasteiger partial charge >= 0.3 is 12.1 Å². The number of nitrogens with zero attached hydrogens (tertiary/aromatic N) is 2. The van der Waals surface area contributed by atoms with Crippen LogP contribution in [0.4, 0.5) is 19.0 Å². The molecule has 19 heavy (non-hydrogen) atoms. The van der Waals surface area contributed by atoms with Gasteiger partial charge < -0.3 is 10.0 Å². The van der Waals surface area contributed by atoms with Gasteiger partial charge in [0.05, 0.1) is 0 Å². The lowest BCUT2D eigenvalue weighted by molar-refractivity contribution is -0.141. The lowest BCUT2D eigenvalue weighted by atomic mass is 10.1. The first-order chi connectivity index (χ1) is 8.68. The molecule has 0 aliphatic carbocycles. The first-order valence-electron chi connectivity index (χ1n) is 5.72. The number of alkyl halides is 3. The maximum absolute atomic E-state index is 12.6. The lowest BCUT2D eigenvalue weighted by Gasteiger charge is -2.26. The SMILES string of the molecule is CCC(C)N(C)c1nc(C(F)(F)F)ccc1C(=O)O. The zero-order valence-corrected chi connectivity index (χ0v) is 10.8. The Bertz CT molecular complexity index is 475. The van der Waals surface area contributed by atoms with E-state index in [2.05, 4.69) is 4.98 Å². The molecule has 4 nitrogen and oxygen atoms in total. The van der Waals surface area contributed by atoms with Crippen molar-refractivity contribution in [2.75, 3.05) is 11.9 Å². The fourth-order valence-corrected chi connectivity index (χ4v) is 1.52. The van der Waals surface area contributed by atoms with Gasteiger partial charge in [0.2, 0.25) is 0 Å². The molecule has 7 heteroatoms. The molecule has 1 rings (SSSR count). The number of anilines is 1. The quantitative estimate of drug-likeness (QED) is 0.918. The van der Waals surface area contributed by atoms with E-state index in [-0.39, 0.29) is 17.4 Å². The third kappa shape index (κ3) is 3.36. The molecule has 0 aliphatic rings. The average Bonchev–Trinajstić information content (AvgIpc) is 2.34. The number of hydrogen-bond acceptors (Lipinski definition) is 3. The van der Waals surface area contributed by atoms with E-state index in [0.717, 1.165) is 6.07 Å². The fraction of sp³-hybridized carbons (Fsp3) is 0.500. The first-order valence-corrected chi connectivity index (χ1v) is 5.72. The largest absolute Gasteiger partial charge is 0.478 e. The molecular weight excluding hydrogens is 261 g/mol. The van der Waals surface area contributed by atoms with Crippen molar-refractivity contribution in [1.29, 1.82) is 0 Å². The van der Waals surface area contributed by atoms with Crippen LogP contribution in [0.3, 0.4) is 0 Å². The highest BCUT2D eigenvalue weighted by Gasteiger charge is 2.34. The number of rotatable bonds is 4. The molecule has 0 spiro atoms. The van der Waals surface area contributed by atoms with Crippen LogP contribution in [0.2, 0.25) is 0 Å². The van der Waals surface area contributed by atoms with Crippen molar-refractivity contribution in [3.05, 3.63) is 23.4 Å². The molecule has 0 radical (unpaired) electrons. The molecule has 1 aromatic heterocycles. The second-order valence-electron chi connectivity index (χ2n) is 4.24. The molecule has 1 aromatic rings. The Labute approximate surface area is 108 Å². The molecule has 0 saturated heterocycles. The van der Waals surface area contributed by atoms with Crippen molar-refractivity contribution in [2.24, 2.45) is 0 Å². The Morgan fingerprint density at radius 3 is 2.47 bits per heavy atom. The van der Waals surface area contributed by atoms with Crippen LogP contribution >= 0.6 is 0 Å². The van der Waals surface area contributed by atoms with Gasteiger partial charge in [-0.1, -0.05) is 6.92 Å². The summed E-state index contributed by atoms with van der Waals surface area (Å²) in [4.78, 5) is 15.9. The van der Waals surface area contributed by atoms with E-state index < -0.39 is 17.8 Å². The average molecular weight is 276 g/mol. The topological polar surface area (TPSA) is 53.4 Å². The Morgan fingerprint density at radius 2 is 2.05 bits per heavy atom. The number of carboxylic acid groups (broad SMARTS) is 1. The van der Waals surface area contributed by atoms with Gasteiger partial charge in [-0.3, -0.25) is 0 Å². The summed E-state index contributed by atoms with van der Waals surface area (Å²) in [5.74, 6) is -1.47. The van der Waals surface area contributed by atoms with Gasteiger partial charge in [-0.2, -0.15) is 13.2 Å². The highest BCUT2D eigenvalue weighted by atomic mass is 19.4. The van der Waals surface area contributed by atoms with Gasteiger partial charge in [-0.25, -0.2) is 9.78 Å². The number of carbonyl (C=O) groups is 1. The van der Waals surface area contributed by atoms with Gasteiger partial charge in [0, 0.05) is 13.1 Å². The molecule has 0 amide bonds. The van der Waals surface area contributed by atoms with Gasteiger partial charge in [-0.15, -0.1) is 0 Å². The molecular formula is C12H15F3N2O2. The molecule has 1 unspecified atom stereocenters. The normalized spacial score (nSPS) is 13.2. The van der Waals surface area contributed by atoms with E-state index in [9.17, 15) is 18.0 Å². The van der Waals surface area contributed by atoms with Gasteiger partial charge in [0.15, 0.2) is 0 Å². The summed E-state index contributed by atoms with van der Waals surface area (Å²) in [6, 6.07) is 1.50. The van der Waals surface area contributed by atoms with Gasteiger partial charge in [0.25, 0.3) is 0 Å². The molecule has 1 N–H and O–H groups in total. The maximum Gasteiger partial charge on any atom is 0.433 e. The van der Waals surface area contributed by atoms with E-state index in [0.29, 0.717) is 12.5 Å². The second kappa shape index (κ2) is 5.46. The number of aromatic carboxylic acids is 1. The van der Waals surface area contributed by atoms with Crippen molar-refractivity contribution >= 4 is 11.8 Å². The van der Waals surface area contributed by atoms with Crippen molar-refractivity contribution in [2.45, 2.75) is 32.5 Å². The first kappa shape index (κ1) is 15.3. The van der Waals surface area contributed by atoms with Crippen LogP contribution in [0.25, 0.3) is 0 Å². The summed E-state index contributed by atoms with van der Waals surface area (Å²) in [6.07, 6.45) is -3.93. The number of carboxylic acids is 1. The molecule has 106 valence electrons. The van der Waals surface area contributed by atoms with E-state index in [4.69, 9.17) is 5.11 Å². The predicted octanol–water partition coefficient (Wildman–Crippen LogP) is 3.03. The number of aromatic nitrogens is 1. The predicted molar refractivity (Wildman–Crippen MR) is 64.4 cm³/mol. The molecule has 1 heterocycles. The lowest BCUT2D eigenvalue weighted by Crippen LogP contribution is -2.31. The van der Waals surface area contributed by atoms with E-state index in [1.165, 1.54) is 11.9 Å². The Balaban J connectivity index is 3.35. The third-order valence-corrected chi connectivity index (χ3v) is 2.98. The van der Waals surface area contributed by atoms with Gasteiger partial charge in [0.1, 0.15) is 17.1 Å². The minimum Gasteiger partial charge on any atom is -0.478 e. The Morgan fingerprint density at radius 1 is 1.47 bits per heavy atom. The van der Waals surface area contributed by atoms with Crippen LogP contribution in [-0.2, 0) is 6.18 Å². The van der Waals surface area contributed by atoms with Crippen molar-refractivity contribution in [3.63, 3.8) is 0 Å². The van der Waals surface area contributed by atoms with Crippen LogP contribution in [0.1, 0.15) is 36.3 Å². The zero-order chi connectivity index (χ0) is 14.8. The van der Waals surface area contributed by atoms with Crippen molar-refractivity contribution in [3.8, 4) is 0 Å². The van der Waals surface area contributed by atoms with Crippen molar-refractivity contribution < 1.29 is 23.1 Å². The van der Waals surface area contributed by atoms with Crippen LogP contribution < -0.4 is 4.90 Å². The molecule has 1 atom stereocenters. The highest BCUT2D eigenvalue weighted by Crippen LogP contribution is 2.31. The molecule has 0 saturated carbocycles. The summed E-state index contributed by atoms with van der Waals surface area (Å²) >= 11 is 0. The number of hydrogen-bond donors (Lipinski definition) is 1. The van der Waals surface area contributed by atoms with Crippen LogP contribution in [0.15, 0.2) is 12.1 Å². The summed E-state index contributed by atoms with van der Waals surface area (Å²) in [5, 5.41) is 9.01.